The number of ether oxygens (including phenoxy) is 1. The summed E-state index contributed by atoms with van der Waals surface area (Å²) >= 11 is 0. The number of aromatic nitrogens is 3. The summed E-state index contributed by atoms with van der Waals surface area (Å²) < 4.78 is 7.37. The van der Waals surface area contributed by atoms with E-state index in [0.29, 0.717) is 12.1 Å². The van der Waals surface area contributed by atoms with E-state index in [1.54, 1.807) is 12.4 Å². The van der Waals surface area contributed by atoms with E-state index in [0.717, 1.165) is 30.8 Å². The summed E-state index contributed by atoms with van der Waals surface area (Å²) in [7, 11) is 0. The molecule has 2 atom stereocenters. The number of anilines is 1. The number of hydrogen-bond acceptors (Lipinski definition) is 4. The highest BCUT2D eigenvalue weighted by molar-refractivity contribution is 5.67. The third-order valence-corrected chi connectivity index (χ3v) is 3.15. The van der Waals surface area contributed by atoms with Gasteiger partial charge in [0.15, 0.2) is 5.82 Å². The van der Waals surface area contributed by atoms with Gasteiger partial charge in [0.05, 0.1) is 12.3 Å². The highest BCUT2D eigenvalue weighted by atomic mass is 16.5. The Morgan fingerprint density at radius 1 is 1.47 bits per heavy atom. The van der Waals surface area contributed by atoms with Crippen molar-refractivity contribution in [3.8, 4) is 0 Å². The van der Waals surface area contributed by atoms with Crippen LogP contribution in [0.1, 0.15) is 19.8 Å². The molecule has 5 nitrogen and oxygen atoms in total. The SMILES string of the molecule is CC1CC(Nc2nccn3nccc23)CCO1. The second kappa shape index (κ2) is 4.33. The molecule has 0 radical (unpaired) electrons. The number of hydrogen-bond donors (Lipinski definition) is 1. The van der Waals surface area contributed by atoms with Crippen molar-refractivity contribution in [2.45, 2.75) is 31.9 Å². The van der Waals surface area contributed by atoms with Crippen molar-refractivity contribution in [3.63, 3.8) is 0 Å². The first kappa shape index (κ1) is 10.5. The third kappa shape index (κ3) is 2.10. The fourth-order valence-corrected chi connectivity index (χ4v) is 2.29. The van der Waals surface area contributed by atoms with E-state index in [-0.39, 0.29) is 0 Å². The molecule has 90 valence electrons. The van der Waals surface area contributed by atoms with Gasteiger partial charge < -0.3 is 10.1 Å². The average molecular weight is 232 g/mol. The molecule has 0 spiro atoms. The minimum atomic E-state index is 0.325. The molecule has 3 heterocycles. The van der Waals surface area contributed by atoms with Gasteiger partial charge in [0.2, 0.25) is 0 Å². The second-order valence-electron chi connectivity index (χ2n) is 4.48. The Labute approximate surface area is 99.8 Å². The summed E-state index contributed by atoms with van der Waals surface area (Å²) in [6.45, 7) is 2.93. The van der Waals surface area contributed by atoms with E-state index >= 15 is 0 Å². The van der Waals surface area contributed by atoms with Crippen LogP contribution in [0.5, 0.6) is 0 Å². The molecule has 17 heavy (non-hydrogen) atoms. The maximum Gasteiger partial charge on any atom is 0.152 e. The highest BCUT2D eigenvalue weighted by Gasteiger charge is 2.20. The zero-order valence-corrected chi connectivity index (χ0v) is 9.84. The van der Waals surface area contributed by atoms with Gasteiger partial charge in [-0.25, -0.2) is 9.50 Å². The van der Waals surface area contributed by atoms with Crippen LogP contribution in [-0.2, 0) is 4.74 Å². The molecule has 1 aliphatic heterocycles. The lowest BCUT2D eigenvalue weighted by Crippen LogP contribution is -2.32. The number of nitrogens with zero attached hydrogens (tertiary/aromatic N) is 3. The molecule has 0 amide bonds. The molecule has 0 bridgehead atoms. The molecule has 1 fully saturated rings. The Balaban J connectivity index is 1.82. The topological polar surface area (TPSA) is 51.5 Å². The highest BCUT2D eigenvalue weighted by Crippen LogP contribution is 2.20. The van der Waals surface area contributed by atoms with Crippen LogP contribution in [0, 0.1) is 0 Å². The fraction of sp³-hybridized carbons (Fsp3) is 0.500. The van der Waals surface area contributed by atoms with Crippen LogP contribution < -0.4 is 5.32 Å². The Morgan fingerprint density at radius 2 is 2.41 bits per heavy atom. The Kier molecular flexibility index (Phi) is 2.68. The first-order valence-corrected chi connectivity index (χ1v) is 5.99. The molecule has 1 N–H and O–H groups in total. The molecule has 1 aliphatic rings. The van der Waals surface area contributed by atoms with Crippen LogP contribution in [0.3, 0.4) is 0 Å². The molecule has 0 saturated carbocycles. The smallest absolute Gasteiger partial charge is 0.152 e. The number of fused-ring (bicyclic) bond motifs is 1. The molecule has 1 saturated heterocycles. The van der Waals surface area contributed by atoms with Crippen molar-refractivity contribution in [3.05, 3.63) is 24.7 Å². The zero-order chi connectivity index (χ0) is 11.7. The van der Waals surface area contributed by atoms with Crippen molar-refractivity contribution in [2.75, 3.05) is 11.9 Å². The Morgan fingerprint density at radius 3 is 3.29 bits per heavy atom. The predicted octanol–water partition coefficient (Wildman–Crippen LogP) is 1.71. The summed E-state index contributed by atoms with van der Waals surface area (Å²) in [5.74, 6) is 0.907. The van der Waals surface area contributed by atoms with Crippen LogP contribution in [0.4, 0.5) is 5.82 Å². The second-order valence-corrected chi connectivity index (χ2v) is 4.48. The minimum Gasteiger partial charge on any atom is -0.378 e. The van der Waals surface area contributed by atoms with E-state index in [2.05, 4.69) is 22.3 Å². The molecule has 2 unspecified atom stereocenters. The maximum absolute atomic E-state index is 5.54. The largest absolute Gasteiger partial charge is 0.378 e. The van der Waals surface area contributed by atoms with Crippen LogP contribution >= 0.6 is 0 Å². The van der Waals surface area contributed by atoms with Gasteiger partial charge in [-0.2, -0.15) is 5.10 Å². The van der Waals surface area contributed by atoms with Gasteiger partial charge in [0.25, 0.3) is 0 Å². The van der Waals surface area contributed by atoms with E-state index in [1.165, 1.54) is 0 Å². The van der Waals surface area contributed by atoms with E-state index < -0.39 is 0 Å². The average Bonchev–Trinajstić information content (AvgIpc) is 2.78. The summed E-state index contributed by atoms with van der Waals surface area (Å²) in [4.78, 5) is 4.39. The zero-order valence-electron chi connectivity index (χ0n) is 9.84. The molecule has 3 rings (SSSR count). The van der Waals surface area contributed by atoms with Gasteiger partial charge in [-0.3, -0.25) is 0 Å². The normalized spacial score (nSPS) is 25.0. The lowest BCUT2D eigenvalue weighted by Gasteiger charge is -2.28. The van der Waals surface area contributed by atoms with Gasteiger partial charge in [-0.05, 0) is 25.8 Å². The van der Waals surface area contributed by atoms with Crippen LogP contribution in [0.25, 0.3) is 5.52 Å². The molecular weight excluding hydrogens is 216 g/mol. The summed E-state index contributed by atoms with van der Waals surface area (Å²) in [5.41, 5.74) is 1.02. The van der Waals surface area contributed by atoms with E-state index in [1.807, 2.05) is 16.8 Å². The Hall–Kier alpha value is -1.62. The van der Waals surface area contributed by atoms with Crippen molar-refractivity contribution in [1.82, 2.24) is 14.6 Å². The standard InChI is InChI=1S/C12H16N4O/c1-9-8-10(3-7-17-9)15-12-11-2-4-14-16(11)6-5-13-12/h2,4-6,9-10H,3,7-8H2,1H3,(H,13,15). The lowest BCUT2D eigenvalue weighted by atomic mass is 10.0. The first-order chi connectivity index (χ1) is 8.33. The number of rotatable bonds is 2. The first-order valence-electron chi connectivity index (χ1n) is 5.99. The molecule has 2 aromatic rings. The van der Waals surface area contributed by atoms with E-state index in [9.17, 15) is 0 Å². The summed E-state index contributed by atoms with van der Waals surface area (Å²) in [6.07, 6.45) is 7.79. The third-order valence-electron chi connectivity index (χ3n) is 3.15. The van der Waals surface area contributed by atoms with Crippen LogP contribution in [0.2, 0.25) is 0 Å². The van der Waals surface area contributed by atoms with Crippen LogP contribution in [-0.4, -0.2) is 33.4 Å². The Bertz CT molecular complexity index is 510. The van der Waals surface area contributed by atoms with Gasteiger partial charge in [-0.1, -0.05) is 0 Å². The lowest BCUT2D eigenvalue weighted by molar-refractivity contribution is 0.0232. The number of nitrogens with one attached hydrogen (secondary N) is 1. The van der Waals surface area contributed by atoms with Gasteiger partial charge >= 0.3 is 0 Å². The maximum atomic E-state index is 5.54. The quantitative estimate of drug-likeness (QED) is 0.856. The van der Waals surface area contributed by atoms with Gasteiger partial charge in [0, 0.05) is 25.0 Å². The van der Waals surface area contributed by atoms with E-state index in [4.69, 9.17) is 4.74 Å². The molecule has 0 aromatic carbocycles. The molecule has 0 aliphatic carbocycles. The van der Waals surface area contributed by atoms with Crippen molar-refractivity contribution in [2.24, 2.45) is 0 Å². The van der Waals surface area contributed by atoms with Crippen molar-refractivity contribution < 1.29 is 4.74 Å². The summed E-state index contributed by atoms with van der Waals surface area (Å²) in [6, 6.07) is 2.41. The van der Waals surface area contributed by atoms with Crippen molar-refractivity contribution in [1.29, 1.82) is 0 Å². The van der Waals surface area contributed by atoms with Crippen molar-refractivity contribution >= 4 is 11.3 Å². The monoisotopic (exact) mass is 232 g/mol. The van der Waals surface area contributed by atoms with Crippen LogP contribution in [0.15, 0.2) is 24.7 Å². The molecule has 5 heteroatoms. The summed E-state index contributed by atoms with van der Waals surface area (Å²) in [5, 5.41) is 7.69. The predicted molar refractivity (Wildman–Crippen MR) is 65.0 cm³/mol. The van der Waals surface area contributed by atoms with Gasteiger partial charge in [-0.15, -0.1) is 0 Å². The minimum absolute atomic E-state index is 0.325. The fourth-order valence-electron chi connectivity index (χ4n) is 2.29. The molecular formula is C12H16N4O. The molecule has 2 aromatic heterocycles. The van der Waals surface area contributed by atoms with Gasteiger partial charge in [0.1, 0.15) is 5.52 Å².